The van der Waals surface area contributed by atoms with Gasteiger partial charge in [0.15, 0.2) is 0 Å². The van der Waals surface area contributed by atoms with Gasteiger partial charge in [-0.3, -0.25) is 10.1 Å². The van der Waals surface area contributed by atoms with Crippen LogP contribution in [0, 0.1) is 15.9 Å². The number of benzene rings is 2. The van der Waals surface area contributed by atoms with Crippen LogP contribution in [0.2, 0.25) is 0 Å². The Hall–Kier alpha value is -3.16. The predicted octanol–water partition coefficient (Wildman–Crippen LogP) is 3.08. The summed E-state index contributed by atoms with van der Waals surface area (Å²) in [6, 6.07) is 7.75. The van der Waals surface area contributed by atoms with Gasteiger partial charge in [0.25, 0.3) is 5.69 Å². The van der Waals surface area contributed by atoms with Gasteiger partial charge in [0.05, 0.1) is 10.6 Å². The molecule has 0 unspecified atom stereocenters. The van der Waals surface area contributed by atoms with E-state index >= 15 is 0 Å². The number of urea groups is 1. The number of nitro benzene ring substituents is 1. The Bertz CT molecular complexity index is 706. The maximum atomic E-state index is 13.5. The highest BCUT2D eigenvalue weighted by molar-refractivity contribution is 6.00. The van der Waals surface area contributed by atoms with E-state index in [1.165, 1.54) is 24.3 Å². The van der Waals surface area contributed by atoms with E-state index in [4.69, 9.17) is 0 Å². The monoisotopic (exact) mass is 291 g/mol. The molecule has 3 N–H and O–H groups in total. The molecule has 7 nitrogen and oxygen atoms in total. The number of anilines is 2. The number of hydrogen-bond donors (Lipinski definition) is 3. The van der Waals surface area contributed by atoms with Crippen LogP contribution in [0.25, 0.3) is 0 Å². The van der Waals surface area contributed by atoms with Crippen LogP contribution in [0.5, 0.6) is 5.75 Å². The molecule has 8 heteroatoms. The number of nitro groups is 1. The topological polar surface area (TPSA) is 104 Å². The largest absolute Gasteiger partial charge is 0.508 e. The molecule has 0 saturated heterocycles. The second-order valence-corrected chi connectivity index (χ2v) is 4.05. The third kappa shape index (κ3) is 3.66. The molecule has 0 bridgehead atoms. The van der Waals surface area contributed by atoms with Crippen molar-refractivity contribution in [1.29, 1.82) is 0 Å². The molecule has 0 spiro atoms. The first-order valence-corrected chi connectivity index (χ1v) is 5.76. The smallest absolute Gasteiger partial charge is 0.323 e. The molecule has 2 aromatic carbocycles. The standard InChI is InChI=1S/C13H10FN3O4/c14-11-5-4-9(17(20)21)7-12(11)16-13(19)15-8-2-1-3-10(18)6-8/h1-7,18H,(H2,15,16,19). The molecule has 2 rings (SSSR count). The highest BCUT2D eigenvalue weighted by Gasteiger charge is 2.13. The maximum absolute atomic E-state index is 13.5. The summed E-state index contributed by atoms with van der Waals surface area (Å²) in [5, 5.41) is 24.4. The van der Waals surface area contributed by atoms with Crippen molar-refractivity contribution in [2.75, 3.05) is 10.6 Å². The van der Waals surface area contributed by atoms with E-state index in [0.717, 1.165) is 18.2 Å². The van der Waals surface area contributed by atoms with E-state index in [1.807, 2.05) is 0 Å². The summed E-state index contributed by atoms with van der Waals surface area (Å²) in [6.07, 6.45) is 0. The van der Waals surface area contributed by atoms with Crippen LogP contribution in [0.4, 0.5) is 26.2 Å². The first-order chi connectivity index (χ1) is 9.95. The Morgan fingerprint density at radius 2 is 1.95 bits per heavy atom. The van der Waals surface area contributed by atoms with E-state index in [-0.39, 0.29) is 17.1 Å². The summed E-state index contributed by atoms with van der Waals surface area (Å²) in [7, 11) is 0. The van der Waals surface area contributed by atoms with Gasteiger partial charge < -0.3 is 15.7 Å². The molecule has 0 saturated carbocycles. The van der Waals surface area contributed by atoms with Gasteiger partial charge in [0.2, 0.25) is 0 Å². The van der Waals surface area contributed by atoms with Crippen LogP contribution in [-0.2, 0) is 0 Å². The molecule has 0 aliphatic carbocycles. The lowest BCUT2D eigenvalue weighted by Gasteiger charge is -2.08. The lowest BCUT2D eigenvalue weighted by Crippen LogP contribution is -2.20. The summed E-state index contributed by atoms with van der Waals surface area (Å²) in [5.74, 6) is -0.846. The third-order valence-corrected chi connectivity index (χ3v) is 2.51. The molecular weight excluding hydrogens is 281 g/mol. The van der Waals surface area contributed by atoms with Crippen molar-refractivity contribution in [2.24, 2.45) is 0 Å². The fourth-order valence-electron chi connectivity index (χ4n) is 1.59. The number of hydrogen-bond acceptors (Lipinski definition) is 4. The van der Waals surface area contributed by atoms with E-state index in [1.54, 1.807) is 0 Å². The van der Waals surface area contributed by atoms with E-state index in [2.05, 4.69) is 10.6 Å². The minimum absolute atomic E-state index is 0.0469. The van der Waals surface area contributed by atoms with Gasteiger partial charge in [-0.2, -0.15) is 0 Å². The van der Waals surface area contributed by atoms with Crippen molar-refractivity contribution in [2.45, 2.75) is 0 Å². The SMILES string of the molecule is O=C(Nc1cccc(O)c1)Nc1cc([N+](=O)[O-])ccc1F. The second kappa shape index (κ2) is 5.87. The highest BCUT2D eigenvalue weighted by Crippen LogP contribution is 2.22. The Labute approximate surface area is 118 Å². The van der Waals surface area contributed by atoms with E-state index < -0.39 is 16.8 Å². The Kier molecular flexibility index (Phi) is 3.98. The van der Waals surface area contributed by atoms with Crippen LogP contribution in [0.15, 0.2) is 42.5 Å². The van der Waals surface area contributed by atoms with Crippen LogP contribution in [0.1, 0.15) is 0 Å². The Morgan fingerprint density at radius 3 is 2.62 bits per heavy atom. The number of carbonyl (C=O) groups excluding carboxylic acids is 1. The number of carbonyl (C=O) groups is 1. The number of rotatable bonds is 3. The minimum atomic E-state index is -0.799. The predicted molar refractivity (Wildman–Crippen MR) is 73.8 cm³/mol. The fourth-order valence-corrected chi connectivity index (χ4v) is 1.59. The quantitative estimate of drug-likeness (QED) is 0.597. The lowest BCUT2D eigenvalue weighted by atomic mass is 10.2. The van der Waals surface area contributed by atoms with Crippen molar-refractivity contribution in [1.82, 2.24) is 0 Å². The molecule has 0 heterocycles. The molecule has 0 aliphatic rings. The number of phenolic OH excluding ortho intramolecular Hbond substituents is 1. The van der Waals surface area contributed by atoms with Crippen molar-refractivity contribution >= 4 is 23.1 Å². The Morgan fingerprint density at radius 1 is 1.19 bits per heavy atom. The minimum Gasteiger partial charge on any atom is -0.508 e. The van der Waals surface area contributed by atoms with Gasteiger partial charge >= 0.3 is 6.03 Å². The summed E-state index contributed by atoms with van der Waals surface area (Å²) >= 11 is 0. The van der Waals surface area contributed by atoms with Gasteiger partial charge in [-0.15, -0.1) is 0 Å². The first kappa shape index (κ1) is 14.3. The van der Waals surface area contributed by atoms with Crippen LogP contribution in [0.3, 0.4) is 0 Å². The molecule has 0 radical (unpaired) electrons. The van der Waals surface area contributed by atoms with Gasteiger partial charge in [-0.25, -0.2) is 9.18 Å². The number of nitrogens with zero attached hydrogens (tertiary/aromatic N) is 1. The summed E-state index contributed by atoms with van der Waals surface area (Å²) < 4.78 is 13.5. The maximum Gasteiger partial charge on any atom is 0.323 e. The van der Waals surface area contributed by atoms with Gasteiger partial charge in [0.1, 0.15) is 11.6 Å². The number of halogens is 1. The number of non-ortho nitro benzene ring substituents is 1. The highest BCUT2D eigenvalue weighted by atomic mass is 19.1. The van der Waals surface area contributed by atoms with Gasteiger partial charge in [0, 0.05) is 23.9 Å². The first-order valence-electron chi connectivity index (χ1n) is 5.76. The molecule has 21 heavy (non-hydrogen) atoms. The summed E-state index contributed by atoms with van der Waals surface area (Å²) in [4.78, 5) is 21.6. The van der Waals surface area contributed by atoms with Crippen molar-refractivity contribution < 1.29 is 19.2 Å². The molecule has 2 aromatic rings. The average molecular weight is 291 g/mol. The van der Waals surface area contributed by atoms with Gasteiger partial charge in [-0.05, 0) is 18.2 Å². The molecule has 0 aliphatic heterocycles. The fraction of sp³-hybridized carbons (Fsp3) is 0. The summed E-state index contributed by atoms with van der Waals surface area (Å²) in [5.41, 5.74) is -0.371. The van der Waals surface area contributed by atoms with Crippen LogP contribution in [-0.4, -0.2) is 16.1 Å². The molecule has 2 amide bonds. The van der Waals surface area contributed by atoms with Crippen LogP contribution >= 0.6 is 0 Å². The van der Waals surface area contributed by atoms with E-state index in [0.29, 0.717) is 5.69 Å². The molecule has 108 valence electrons. The number of nitrogens with one attached hydrogen (secondary N) is 2. The van der Waals surface area contributed by atoms with Crippen molar-refractivity contribution in [3.05, 3.63) is 58.4 Å². The lowest BCUT2D eigenvalue weighted by molar-refractivity contribution is -0.384. The summed E-state index contributed by atoms with van der Waals surface area (Å²) in [6.45, 7) is 0. The molecule has 0 fully saturated rings. The molecular formula is C13H10FN3O4. The third-order valence-electron chi connectivity index (χ3n) is 2.51. The van der Waals surface area contributed by atoms with Gasteiger partial charge in [-0.1, -0.05) is 6.07 Å². The zero-order valence-electron chi connectivity index (χ0n) is 10.5. The molecule has 0 aromatic heterocycles. The van der Waals surface area contributed by atoms with Crippen molar-refractivity contribution in [3.8, 4) is 5.75 Å². The second-order valence-electron chi connectivity index (χ2n) is 4.05. The molecule has 0 atom stereocenters. The normalized spacial score (nSPS) is 9.95. The Balaban J connectivity index is 2.12. The van der Waals surface area contributed by atoms with Crippen molar-refractivity contribution in [3.63, 3.8) is 0 Å². The number of aromatic hydroxyl groups is 1. The average Bonchev–Trinajstić information content (AvgIpc) is 2.41. The number of phenols is 1. The van der Waals surface area contributed by atoms with E-state index in [9.17, 15) is 24.4 Å². The zero-order chi connectivity index (χ0) is 15.4. The van der Waals surface area contributed by atoms with Crippen LogP contribution < -0.4 is 10.6 Å². The zero-order valence-corrected chi connectivity index (χ0v) is 10.5. The number of amides is 2.